The number of fused-ring (bicyclic) bond motifs is 3. The van der Waals surface area contributed by atoms with Crippen molar-refractivity contribution in [1.82, 2.24) is 4.98 Å². The summed E-state index contributed by atoms with van der Waals surface area (Å²) < 4.78 is 8.52. The van der Waals surface area contributed by atoms with E-state index in [0.29, 0.717) is 6.42 Å². The summed E-state index contributed by atoms with van der Waals surface area (Å²) in [5.74, 6) is 1.16. The Balaban J connectivity index is 1.84. The van der Waals surface area contributed by atoms with Crippen LogP contribution in [0.3, 0.4) is 0 Å². The molecule has 1 aliphatic carbocycles. The molecule has 3 nitrogen and oxygen atoms in total. The number of rotatable bonds is 2. The van der Waals surface area contributed by atoms with Crippen LogP contribution in [0.15, 0.2) is 17.5 Å². The molecule has 108 valence electrons. The van der Waals surface area contributed by atoms with Crippen LogP contribution in [0.2, 0.25) is 0 Å². The number of hydrogen-bond donors (Lipinski definition) is 0. The van der Waals surface area contributed by atoms with Crippen molar-refractivity contribution in [2.75, 3.05) is 0 Å². The first-order valence-corrected chi connectivity index (χ1v) is 8.64. The number of aryl methyl sites for hydroxylation is 1. The lowest BCUT2D eigenvalue weighted by Gasteiger charge is -2.42. The summed E-state index contributed by atoms with van der Waals surface area (Å²) >= 11 is 3.38. The summed E-state index contributed by atoms with van der Waals surface area (Å²) in [5, 5.41) is 4.24. The fourth-order valence-electron chi connectivity index (χ4n) is 2.76. The maximum absolute atomic E-state index is 11.7. The molecule has 0 saturated heterocycles. The normalized spacial score (nSPS) is 20.9. The number of nitrogens with zero attached hydrogens (tertiary/aromatic N) is 1. The van der Waals surface area contributed by atoms with Gasteiger partial charge in [0.05, 0.1) is 25.3 Å². The van der Waals surface area contributed by atoms with Gasteiger partial charge in [-0.25, -0.2) is 4.98 Å². The lowest BCUT2D eigenvalue weighted by atomic mass is 9.68. The van der Waals surface area contributed by atoms with Gasteiger partial charge < -0.3 is 4.74 Å². The SMILES string of the molecule is Cc1nc2c(cc(OC3CC(=O)C3(C)C)c3ccsc32)s1. The highest BCUT2D eigenvalue weighted by atomic mass is 32.1. The molecule has 0 N–H and O–H groups in total. The molecule has 3 aromatic rings. The number of thiophene rings is 1. The van der Waals surface area contributed by atoms with E-state index >= 15 is 0 Å². The molecule has 2 heterocycles. The average Bonchev–Trinajstić information content (AvgIpc) is 3.03. The zero-order valence-electron chi connectivity index (χ0n) is 12.1. The highest BCUT2D eigenvalue weighted by Gasteiger charge is 2.49. The highest BCUT2D eigenvalue weighted by Crippen LogP contribution is 2.44. The van der Waals surface area contributed by atoms with Crippen LogP contribution in [0.5, 0.6) is 5.75 Å². The maximum atomic E-state index is 11.7. The first kappa shape index (κ1) is 13.2. The number of carbonyl (C=O) groups is 1. The van der Waals surface area contributed by atoms with Gasteiger partial charge in [0.15, 0.2) is 0 Å². The molecule has 1 aliphatic rings. The van der Waals surface area contributed by atoms with Crippen molar-refractivity contribution in [1.29, 1.82) is 0 Å². The van der Waals surface area contributed by atoms with Gasteiger partial charge in [-0.2, -0.15) is 0 Å². The Morgan fingerprint density at radius 3 is 2.95 bits per heavy atom. The summed E-state index contributed by atoms with van der Waals surface area (Å²) in [7, 11) is 0. The first-order chi connectivity index (χ1) is 9.96. The second-order valence-corrected chi connectivity index (χ2v) is 8.22. The molecule has 2 aromatic heterocycles. The topological polar surface area (TPSA) is 39.2 Å². The molecule has 21 heavy (non-hydrogen) atoms. The fraction of sp³-hybridized carbons (Fsp3) is 0.375. The molecule has 4 rings (SSSR count). The summed E-state index contributed by atoms with van der Waals surface area (Å²) in [6, 6.07) is 4.16. The highest BCUT2D eigenvalue weighted by molar-refractivity contribution is 7.21. The first-order valence-electron chi connectivity index (χ1n) is 6.94. The Morgan fingerprint density at radius 1 is 1.43 bits per heavy atom. The zero-order chi connectivity index (χ0) is 14.8. The average molecular weight is 317 g/mol. The van der Waals surface area contributed by atoms with Crippen LogP contribution in [0, 0.1) is 12.3 Å². The molecule has 1 aromatic carbocycles. The smallest absolute Gasteiger partial charge is 0.145 e. The quantitative estimate of drug-likeness (QED) is 0.695. The van der Waals surface area contributed by atoms with Crippen LogP contribution >= 0.6 is 22.7 Å². The molecule has 1 saturated carbocycles. The van der Waals surface area contributed by atoms with E-state index < -0.39 is 0 Å². The maximum Gasteiger partial charge on any atom is 0.145 e. The molecule has 0 spiro atoms. The standard InChI is InChI=1S/C16H15NO2S2/c1-8-17-14-11(21-8)6-10(9-4-5-20-15(9)14)19-13-7-12(18)16(13,2)3/h4-6,13H,7H2,1-3H3. The predicted octanol–water partition coefficient (Wildman–Crippen LogP) is 4.57. The molecule has 0 aliphatic heterocycles. The lowest BCUT2D eigenvalue weighted by molar-refractivity contribution is -0.147. The number of thiazole rings is 1. The van der Waals surface area contributed by atoms with Crippen LogP contribution in [0.1, 0.15) is 25.3 Å². The third-order valence-electron chi connectivity index (χ3n) is 4.33. The third-order valence-corrected chi connectivity index (χ3v) is 6.17. The minimum atomic E-state index is -0.374. The number of aromatic nitrogens is 1. The Bertz CT molecular complexity index is 875. The van der Waals surface area contributed by atoms with Crippen molar-refractivity contribution >= 4 is 48.8 Å². The van der Waals surface area contributed by atoms with E-state index in [1.54, 1.807) is 22.7 Å². The monoisotopic (exact) mass is 317 g/mol. The molecule has 0 bridgehead atoms. The fourth-order valence-corrected chi connectivity index (χ4v) is 4.59. The minimum Gasteiger partial charge on any atom is -0.488 e. The molecule has 1 unspecified atom stereocenters. The van der Waals surface area contributed by atoms with Crippen LogP contribution in [-0.4, -0.2) is 16.9 Å². The van der Waals surface area contributed by atoms with E-state index in [0.717, 1.165) is 26.4 Å². The van der Waals surface area contributed by atoms with E-state index in [1.807, 2.05) is 20.8 Å². The Hall–Kier alpha value is -1.46. The molecule has 1 atom stereocenters. The zero-order valence-corrected chi connectivity index (χ0v) is 13.7. The number of ketones is 1. The number of benzene rings is 1. The van der Waals surface area contributed by atoms with Crippen molar-refractivity contribution in [3.63, 3.8) is 0 Å². The van der Waals surface area contributed by atoms with Crippen LogP contribution in [-0.2, 0) is 4.79 Å². The minimum absolute atomic E-state index is 0.0282. The van der Waals surface area contributed by atoms with Gasteiger partial charge >= 0.3 is 0 Å². The number of Topliss-reactive ketones (excluding diaryl/α,β-unsaturated/α-hetero) is 1. The Kier molecular flexibility index (Phi) is 2.69. The molecular weight excluding hydrogens is 302 g/mol. The summed E-state index contributed by atoms with van der Waals surface area (Å²) in [6.45, 7) is 5.95. The van der Waals surface area contributed by atoms with Crippen LogP contribution in [0.4, 0.5) is 0 Å². The molecular formula is C16H15NO2S2. The van der Waals surface area contributed by atoms with E-state index in [9.17, 15) is 4.79 Å². The van der Waals surface area contributed by atoms with Crippen molar-refractivity contribution in [2.45, 2.75) is 33.3 Å². The number of ether oxygens (including phenoxy) is 1. The summed E-state index contributed by atoms with van der Waals surface area (Å²) in [6.07, 6.45) is 0.484. The molecule has 1 fully saturated rings. The largest absolute Gasteiger partial charge is 0.488 e. The molecule has 0 amide bonds. The van der Waals surface area contributed by atoms with E-state index in [-0.39, 0.29) is 17.3 Å². The van der Waals surface area contributed by atoms with Crippen molar-refractivity contribution in [3.8, 4) is 5.75 Å². The predicted molar refractivity (Wildman–Crippen MR) is 87.6 cm³/mol. The van der Waals surface area contributed by atoms with Gasteiger partial charge in [-0.05, 0) is 32.2 Å². The summed E-state index contributed by atoms with van der Waals surface area (Å²) in [4.78, 5) is 16.3. The van der Waals surface area contributed by atoms with E-state index in [4.69, 9.17) is 4.74 Å². The second-order valence-electron chi connectivity index (χ2n) is 6.07. The van der Waals surface area contributed by atoms with Crippen LogP contribution in [0.25, 0.3) is 20.3 Å². The number of carbonyl (C=O) groups excluding carboxylic acids is 1. The summed E-state index contributed by atoms with van der Waals surface area (Å²) in [5.41, 5.74) is 0.694. The van der Waals surface area contributed by atoms with Gasteiger partial charge in [-0.1, -0.05) is 0 Å². The second kappa shape index (κ2) is 4.27. The van der Waals surface area contributed by atoms with Crippen molar-refractivity contribution in [2.24, 2.45) is 5.41 Å². The molecule has 5 heteroatoms. The van der Waals surface area contributed by atoms with Gasteiger partial charge in [-0.15, -0.1) is 22.7 Å². The van der Waals surface area contributed by atoms with Crippen molar-refractivity contribution in [3.05, 3.63) is 22.5 Å². The number of hydrogen-bond acceptors (Lipinski definition) is 5. The van der Waals surface area contributed by atoms with E-state index in [2.05, 4.69) is 22.5 Å². The Labute approximate surface area is 130 Å². The van der Waals surface area contributed by atoms with Gasteiger partial charge in [0, 0.05) is 17.9 Å². The van der Waals surface area contributed by atoms with Crippen LogP contribution < -0.4 is 4.74 Å². The van der Waals surface area contributed by atoms with Gasteiger partial charge in [0.25, 0.3) is 0 Å². The lowest BCUT2D eigenvalue weighted by Crippen LogP contribution is -2.52. The van der Waals surface area contributed by atoms with Gasteiger partial charge in [-0.3, -0.25) is 4.79 Å². The molecule has 0 radical (unpaired) electrons. The van der Waals surface area contributed by atoms with Gasteiger partial charge in [0.2, 0.25) is 0 Å². The van der Waals surface area contributed by atoms with E-state index in [1.165, 1.54) is 4.70 Å². The third kappa shape index (κ3) is 1.84. The Morgan fingerprint density at radius 2 is 2.24 bits per heavy atom. The van der Waals surface area contributed by atoms with Gasteiger partial charge in [0.1, 0.15) is 17.6 Å². The van der Waals surface area contributed by atoms with Crippen molar-refractivity contribution < 1.29 is 9.53 Å².